The number of aryl methyl sites for hydroxylation is 1. The first-order valence-corrected chi connectivity index (χ1v) is 8.09. The Hall–Kier alpha value is -3.33. The number of nitriles is 1. The number of carbonyl (C=O) groups is 2. The third-order valence-electron chi connectivity index (χ3n) is 3.94. The van der Waals surface area contributed by atoms with Crippen LogP contribution in [0, 0.1) is 25.2 Å². The number of H-pyrrole nitrogens is 1. The van der Waals surface area contributed by atoms with Crippen molar-refractivity contribution < 1.29 is 19.1 Å². The summed E-state index contributed by atoms with van der Waals surface area (Å²) in [5.41, 5.74) is 2.22. The van der Waals surface area contributed by atoms with Crippen LogP contribution in [-0.2, 0) is 4.74 Å². The maximum absolute atomic E-state index is 12.8. The van der Waals surface area contributed by atoms with Gasteiger partial charge in [0.1, 0.15) is 17.4 Å². The van der Waals surface area contributed by atoms with Gasteiger partial charge in [0.15, 0.2) is 0 Å². The number of esters is 1. The SMILES string of the molecule is CCOC(=O)c1c(C)[nH]c(C(=O)/C(C#N)=C/c2ccc(OC)cc2)c1C. The van der Waals surface area contributed by atoms with Crippen molar-refractivity contribution in [2.75, 3.05) is 13.7 Å². The topological polar surface area (TPSA) is 92.2 Å². The van der Waals surface area contributed by atoms with E-state index in [1.807, 2.05) is 6.07 Å². The van der Waals surface area contributed by atoms with Crippen molar-refractivity contribution in [2.45, 2.75) is 20.8 Å². The molecule has 134 valence electrons. The molecule has 0 aliphatic heterocycles. The number of ketones is 1. The van der Waals surface area contributed by atoms with Crippen molar-refractivity contribution in [1.82, 2.24) is 4.98 Å². The van der Waals surface area contributed by atoms with E-state index in [2.05, 4.69) is 4.98 Å². The molecule has 0 amide bonds. The molecule has 2 aromatic rings. The fourth-order valence-corrected chi connectivity index (χ4v) is 2.64. The summed E-state index contributed by atoms with van der Waals surface area (Å²) in [7, 11) is 1.56. The Morgan fingerprint density at radius 2 is 1.88 bits per heavy atom. The maximum atomic E-state index is 12.8. The summed E-state index contributed by atoms with van der Waals surface area (Å²) in [6, 6.07) is 8.92. The molecule has 1 heterocycles. The van der Waals surface area contributed by atoms with E-state index in [1.165, 1.54) is 6.08 Å². The molecule has 0 saturated heterocycles. The smallest absolute Gasteiger partial charge is 0.340 e. The minimum absolute atomic E-state index is 0.0325. The van der Waals surface area contributed by atoms with Gasteiger partial charge in [-0.05, 0) is 50.1 Å². The minimum atomic E-state index is -0.490. The van der Waals surface area contributed by atoms with Crippen LogP contribution < -0.4 is 4.74 Å². The molecule has 6 nitrogen and oxygen atoms in total. The number of Topliss-reactive ketones (excluding diaryl/α,β-unsaturated/α-hetero) is 1. The number of ether oxygens (including phenoxy) is 2. The van der Waals surface area contributed by atoms with Crippen molar-refractivity contribution in [3.63, 3.8) is 0 Å². The highest BCUT2D eigenvalue weighted by Crippen LogP contribution is 2.22. The van der Waals surface area contributed by atoms with Gasteiger partial charge in [0.25, 0.3) is 0 Å². The summed E-state index contributed by atoms with van der Waals surface area (Å²) in [5.74, 6) is -0.281. The zero-order valence-electron chi connectivity index (χ0n) is 15.2. The second-order valence-corrected chi connectivity index (χ2v) is 5.62. The molecule has 0 saturated carbocycles. The lowest BCUT2D eigenvalue weighted by molar-refractivity contribution is 0.0525. The normalized spacial score (nSPS) is 11.0. The number of allylic oxidation sites excluding steroid dienone is 1. The number of aromatic amines is 1. The van der Waals surface area contributed by atoms with Crippen molar-refractivity contribution in [1.29, 1.82) is 5.26 Å². The van der Waals surface area contributed by atoms with Gasteiger partial charge in [-0.15, -0.1) is 0 Å². The molecule has 1 N–H and O–H groups in total. The van der Waals surface area contributed by atoms with Crippen molar-refractivity contribution in [3.05, 3.63) is 57.9 Å². The summed E-state index contributed by atoms with van der Waals surface area (Å²) in [6.07, 6.45) is 1.50. The number of nitrogens with zero attached hydrogens (tertiary/aromatic N) is 1. The van der Waals surface area contributed by atoms with Gasteiger partial charge in [-0.2, -0.15) is 5.26 Å². The number of methoxy groups -OCH3 is 1. The van der Waals surface area contributed by atoms with E-state index in [-0.39, 0.29) is 17.9 Å². The van der Waals surface area contributed by atoms with Crippen LogP contribution >= 0.6 is 0 Å². The van der Waals surface area contributed by atoms with Crippen LogP contribution in [0.1, 0.15) is 44.6 Å². The largest absolute Gasteiger partial charge is 0.497 e. The molecule has 0 bridgehead atoms. The Balaban J connectivity index is 2.39. The first-order chi connectivity index (χ1) is 12.4. The molecule has 26 heavy (non-hydrogen) atoms. The summed E-state index contributed by atoms with van der Waals surface area (Å²) in [6.45, 7) is 5.31. The van der Waals surface area contributed by atoms with Crippen molar-refractivity contribution in [2.24, 2.45) is 0 Å². The highest BCUT2D eigenvalue weighted by atomic mass is 16.5. The highest BCUT2D eigenvalue weighted by Gasteiger charge is 2.24. The van der Waals surface area contributed by atoms with Gasteiger partial charge in [-0.3, -0.25) is 4.79 Å². The average molecular weight is 352 g/mol. The van der Waals surface area contributed by atoms with Crippen LogP contribution in [0.4, 0.5) is 0 Å². The highest BCUT2D eigenvalue weighted by molar-refractivity contribution is 6.15. The molecule has 0 aliphatic rings. The van der Waals surface area contributed by atoms with Gasteiger partial charge in [-0.25, -0.2) is 4.79 Å². The van der Waals surface area contributed by atoms with Gasteiger partial charge >= 0.3 is 5.97 Å². The number of hydrogen-bond donors (Lipinski definition) is 1. The lowest BCUT2D eigenvalue weighted by atomic mass is 10.0. The zero-order valence-corrected chi connectivity index (χ0v) is 15.2. The molecule has 1 aromatic heterocycles. The van der Waals surface area contributed by atoms with Gasteiger partial charge in [-0.1, -0.05) is 12.1 Å². The fraction of sp³-hybridized carbons (Fsp3) is 0.250. The van der Waals surface area contributed by atoms with Crippen molar-refractivity contribution >= 4 is 17.8 Å². The van der Waals surface area contributed by atoms with E-state index in [1.54, 1.807) is 52.1 Å². The maximum Gasteiger partial charge on any atom is 0.340 e. The third-order valence-corrected chi connectivity index (χ3v) is 3.94. The van der Waals surface area contributed by atoms with Gasteiger partial charge < -0.3 is 14.5 Å². The fourth-order valence-electron chi connectivity index (χ4n) is 2.64. The Morgan fingerprint density at radius 3 is 2.42 bits per heavy atom. The Bertz CT molecular complexity index is 899. The van der Waals surface area contributed by atoms with E-state index in [0.29, 0.717) is 28.1 Å². The quantitative estimate of drug-likeness (QED) is 0.371. The summed E-state index contributed by atoms with van der Waals surface area (Å²) in [4.78, 5) is 27.7. The summed E-state index contributed by atoms with van der Waals surface area (Å²) in [5, 5.41) is 9.41. The average Bonchev–Trinajstić information content (AvgIpc) is 2.94. The second kappa shape index (κ2) is 8.17. The Labute approximate surface area is 152 Å². The molecular formula is C20H20N2O4. The number of benzene rings is 1. The van der Waals surface area contributed by atoms with Gasteiger partial charge in [0, 0.05) is 5.69 Å². The standard InChI is InChI=1S/C20H20N2O4/c1-5-26-20(24)17-12(2)18(22-13(17)3)19(23)15(11-21)10-14-6-8-16(25-4)9-7-14/h6-10,22H,5H2,1-4H3/b15-10+. The lowest BCUT2D eigenvalue weighted by Crippen LogP contribution is -2.08. The Morgan fingerprint density at radius 1 is 1.23 bits per heavy atom. The second-order valence-electron chi connectivity index (χ2n) is 5.62. The molecule has 6 heteroatoms. The van der Waals surface area contributed by atoms with Crippen LogP contribution in [0.5, 0.6) is 5.75 Å². The number of rotatable bonds is 6. The predicted molar refractivity (Wildman–Crippen MR) is 97.1 cm³/mol. The van der Waals surface area contributed by atoms with Gasteiger partial charge in [0.05, 0.1) is 25.0 Å². The Kier molecular flexibility index (Phi) is 5.97. The first-order valence-electron chi connectivity index (χ1n) is 8.09. The van der Waals surface area contributed by atoms with Crippen molar-refractivity contribution in [3.8, 4) is 11.8 Å². The number of carbonyl (C=O) groups excluding carboxylic acids is 2. The van der Waals surface area contributed by atoms with E-state index < -0.39 is 11.8 Å². The molecule has 1 aromatic carbocycles. The first kappa shape index (κ1) is 19.0. The molecule has 0 aliphatic carbocycles. The van der Waals surface area contributed by atoms with E-state index in [0.717, 1.165) is 0 Å². The van der Waals surface area contributed by atoms with E-state index in [4.69, 9.17) is 9.47 Å². The summed E-state index contributed by atoms with van der Waals surface area (Å²) >= 11 is 0. The molecule has 0 fully saturated rings. The van der Waals surface area contributed by atoms with E-state index >= 15 is 0 Å². The number of aromatic nitrogens is 1. The predicted octanol–water partition coefficient (Wildman–Crippen LogP) is 3.61. The van der Waals surface area contributed by atoms with Crippen LogP contribution in [0.3, 0.4) is 0 Å². The molecule has 0 radical (unpaired) electrons. The van der Waals surface area contributed by atoms with Gasteiger partial charge in [0.2, 0.25) is 5.78 Å². The lowest BCUT2D eigenvalue weighted by Gasteiger charge is -2.03. The minimum Gasteiger partial charge on any atom is -0.497 e. The van der Waals surface area contributed by atoms with Crippen LogP contribution in [-0.4, -0.2) is 30.5 Å². The third kappa shape index (κ3) is 3.83. The number of nitrogens with one attached hydrogen (secondary N) is 1. The van der Waals surface area contributed by atoms with Crippen LogP contribution in [0.15, 0.2) is 29.8 Å². The molecule has 2 rings (SSSR count). The monoisotopic (exact) mass is 352 g/mol. The molecular weight excluding hydrogens is 332 g/mol. The number of hydrogen-bond acceptors (Lipinski definition) is 5. The van der Waals surface area contributed by atoms with E-state index in [9.17, 15) is 14.9 Å². The molecule has 0 unspecified atom stereocenters. The van der Waals surface area contributed by atoms with Crippen LogP contribution in [0.2, 0.25) is 0 Å². The molecule has 0 spiro atoms. The van der Waals surface area contributed by atoms with Crippen LogP contribution in [0.25, 0.3) is 6.08 Å². The zero-order chi connectivity index (χ0) is 19.3. The summed E-state index contributed by atoms with van der Waals surface area (Å²) < 4.78 is 10.1. The molecule has 0 atom stereocenters.